The number of aliphatic carboxylic acids is 1. The highest BCUT2D eigenvalue weighted by molar-refractivity contribution is 6.02. The Hall–Kier alpha value is -2.83. The highest BCUT2D eigenvalue weighted by Crippen LogP contribution is 2.18. The van der Waals surface area contributed by atoms with Crippen LogP contribution in [0.5, 0.6) is 0 Å². The highest BCUT2D eigenvalue weighted by Gasteiger charge is 2.16. The molecule has 1 heterocycles. The fourth-order valence-corrected chi connectivity index (χ4v) is 3.25. The summed E-state index contributed by atoms with van der Waals surface area (Å²) < 4.78 is 0. The second-order valence-electron chi connectivity index (χ2n) is 7.18. The number of hydrogen-bond acceptors (Lipinski definition) is 3. The molecule has 0 aliphatic heterocycles. The third kappa shape index (κ3) is 6.11. The first kappa shape index (κ1) is 21.5. The number of nitrogens with one attached hydrogen (secondary N) is 3. The molecule has 28 heavy (non-hydrogen) atoms. The number of rotatable bonds is 12. The van der Waals surface area contributed by atoms with Crippen LogP contribution >= 0.6 is 0 Å². The molecule has 0 saturated heterocycles. The van der Waals surface area contributed by atoms with Crippen molar-refractivity contribution in [2.75, 3.05) is 6.54 Å². The van der Waals surface area contributed by atoms with Gasteiger partial charge in [0.2, 0.25) is 0 Å². The zero-order chi connectivity index (χ0) is 20.5. The first-order chi connectivity index (χ1) is 13.4. The summed E-state index contributed by atoms with van der Waals surface area (Å²) in [6.07, 6.45) is 5.98. The normalized spacial score (nSPS) is 12.0. The molecule has 0 bridgehead atoms. The average Bonchev–Trinajstić information content (AvgIpc) is 3.09. The molecule has 152 valence electrons. The smallest absolute Gasteiger partial charge is 0.306 e. The van der Waals surface area contributed by atoms with Gasteiger partial charge in [0.25, 0.3) is 5.91 Å². The number of amides is 1. The monoisotopic (exact) mass is 386 g/mol. The molecule has 0 aliphatic carbocycles. The molecule has 1 amide bonds. The Kier molecular flexibility index (Phi) is 8.04. The van der Waals surface area contributed by atoms with Crippen molar-refractivity contribution in [2.24, 2.45) is 11.7 Å². The number of aromatic nitrogens is 1. The van der Waals surface area contributed by atoms with Gasteiger partial charge in [-0.05, 0) is 43.5 Å². The third-order valence-electron chi connectivity index (χ3n) is 4.95. The molecule has 1 atom stereocenters. The van der Waals surface area contributed by atoms with Gasteiger partial charge in [-0.25, -0.2) is 0 Å². The second kappa shape index (κ2) is 10.5. The summed E-state index contributed by atoms with van der Waals surface area (Å²) in [5.74, 6) is -1.13. The van der Waals surface area contributed by atoms with E-state index in [0.29, 0.717) is 24.2 Å². The minimum Gasteiger partial charge on any atom is -0.481 e. The van der Waals surface area contributed by atoms with Crippen molar-refractivity contribution in [2.45, 2.75) is 51.9 Å². The van der Waals surface area contributed by atoms with Crippen LogP contribution in [0.15, 0.2) is 24.3 Å². The molecule has 7 heteroatoms. The summed E-state index contributed by atoms with van der Waals surface area (Å²) in [6.45, 7) is 2.62. The summed E-state index contributed by atoms with van der Waals surface area (Å²) in [7, 11) is 0. The van der Waals surface area contributed by atoms with Gasteiger partial charge in [-0.15, -0.1) is 0 Å². The van der Waals surface area contributed by atoms with Crippen molar-refractivity contribution >= 4 is 28.6 Å². The molecule has 1 aromatic heterocycles. The van der Waals surface area contributed by atoms with Crippen LogP contribution in [-0.2, 0) is 4.79 Å². The number of amidine groups is 1. The lowest BCUT2D eigenvalue weighted by atomic mass is 9.96. The summed E-state index contributed by atoms with van der Waals surface area (Å²) in [5, 5.41) is 20.4. The van der Waals surface area contributed by atoms with Crippen LogP contribution in [0, 0.1) is 11.3 Å². The Labute approximate surface area is 165 Å². The van der Waals surface area contributed by atoms with Crippen LogP contribution in [-0.4, -0.2) is 34.3 Å². The number of fused-ring (bicyclic) bond motifs is 1. The van der Waals surface area contributed by atoms with Crippen LogP contribution in [0.25, 0.3) is 10.9 Å². The number of carbonyl (C=O) groups is 2. The topological polar surface area (TPSA) is 132 Å². The Balaban J connectivity index is 1.74. The van der Waals surface area contributed by atoms with Crippen molar-refractivity contribution < 1.29 is 14.7 Å². The van der Waals surface area contributed by atoms with E-state index in [1.807, 2.05) is 0 Å². The maximum Gasteiger partial charge on any atom is 0.306 e. The van der Waals surface area contributed by atoms with E-state index in [1.54, 1.807) is 24.3 Å². The maximum atomic E-state index is 12.3. The van der Waals surface area contributed by atoms with E-state index in [2.05, 4.69) is 17.2 Å². The van der Waals surface area contributed by atoms with E-state index < -0.39 is 5.97 Å². The lowest BCUT2D eigenvalue weighted by Crippen LogP contribution is -2.24. The summed E-state index contributed by atoms with van der Waals surface area (Å²) in [4.78, 5) is 26.6. The average molecular weight is 386 g/mol. The first-order valence-electron chi connectivity index (χ1n) is 9.90. The minimum absolute atomic E-state index is 0.00562. The number of carboxylic acid groups (broad SMARTS) is 1. The predicted molar refractivity (Wildman–Crippen MR) is 111 cm³/mol. The fourth-order valence-electron chi connectivity index (χ4n) is 3.25. The van der Waals surface area contributed by atoms with Gasteiger partial charge < -0.3 is 21.1 Å². The van der Waals surface area contributed by atoms with Gasteiger partial charge in [0.1, 0.15) is 11.5 Å². The van der Waals surface area contributed by atoms with Crippen LogP contribution in [0.1, 0.15) is 67.9 Å². The molecule has 0 saturated carbocycles. The first-order valence-corrected chi connectivity index (χ1v) is 9.90. The summed E-state index contributed by atoms with van der Waals surface area (Å²) >= 11 is 0. The molecule has 2 aromatic rings. The molecule has 0 fully saturated rings. The molecule has 6 N–H and O–H groups in total. The largest absolute Gasteiger partial charge is 0.481 e. The zero-order valence-corrected chi connectivity index (χ0v) is 16.4. The van der Waals surface area contributed by atoms with Crippen molar-refractivity contribution in [3.63, 3.8) is 0 Å². The lowest BCUT2D eigenvalue weighted by molar-refractivity contribution is -0.142. The predicted octanol–water partition coefficient (Wildman–Crippen LogP) is 3.63. The number of nitrogens with two attached hydrogens (primary N) is 1. The Morgan fingerprint density at radius 1 is 1.18 bits per heavy atom. The zero-order valence-electron chi connectivity index (χ0n) is 16.4. The van der Waals surface area contributed by atoms with E-state index in [4.69, 9.17) is 11.1 Å². The number of benzene rings is 1. The molecular formula is C21H30N4O3. The van der Waals surface area contributed by atoms with Crippen molar-refractivity contribution in [3.8, 4) is 0 Å². The number of aromatic amines is 1. The second-order valence-corrected chi connectivity index (χ2v) is 7.18. The van der Waals surface area contributed by atoms with Gasteiger partial charge in [-0.3, -0.25) is 15.0 Å². The van der Waals surface area contributed by atoms with E-state index in [9.17, 15) is 14.7 Å². The SMILES string of the molecule is CCCCC(CCCCCNC(=O)c1cc2cc(C(=N)N)ccc2[nH]1)C(=O)O. The molecule has 1 unspecified atom stereocenters. The van der Waals surface area contributed by atoms with Gasteiger partial charge in [-0.1, -0.05) is 32.6 Å². The molecular weight excluding hydrogens is 356 g/mol. The van der Waals surface area contributed by atoms with Crippen LogP contribution < -0.4 is 11.1 Å². The maximum absolute atomic E-state index is 12.3. The van der Waals surface area contributed by atoms with Crippen molar-refractivity contribution in [1.82, 2.24) is 10.3 Å². The van der Waals surface area contributed by atoms with Gasteiger partial charge in [0.15, 0.2) is 0 Å². The molecule has 2 rings (SSSR count). The summed E-state index contributed by atoms with van der Waals surface area (Å²) in [6, 6.07) is 7.08. The van der Waals surface area contributed by atoms with E-state index >= 15 is 0 Å². The van der Waals surface area contributed by atoms with E-state index in [1.165, 1.54) is 0 Å². The number of carbonyl (C=O) groups excluding carboxylic acids is 1. The minimum atomic E-state index is -0.700. The Morgan fingerprint density at radius 2 is 1.93 bits per heavy atom. The molecule has 0 aliphatic rings. The lowest BCUT2D eigenvalue weighted by Gasteiger charge is -2.11. The molecule has 0 spiro atoms. The highest BCUT2D eigenvalue weighted by atomic mass is 16.4. The Bertz CT molecular complexity index is 828. The van der Waals surface area contributed by atoms with Gasteiger partial charge in [-0.2, -0.15) is 0 Å². The number of unbranched alkanes of at least 4 members (excludes halogenated alkanes) is 3. The molecule has 1 aromatic carbocycles. The number of hydrogen-bond donors (Lipinski definition) is 5. The number of H-pyrrole nitrogens is 1. The van der Waals surface area contributed by atoms with Gasteiger partial charge in [0, 0.05) is 23.0 Å². The standard InChI is InChI=1S/C21H30N4O3/c1-2-3-7-14(21(27)28)8-5-4-6-11-24-20(26)18-13-16-12-15(19(22)23)9-10-17(16)25-18/h9-10,12-14,25H,2-8,11H2,1H3,(H3,22,23)(H,24,26)(H,27,28). The van der Waals surface area contributed by atoms with E-state index in [-0.39, 0.29) is 17.7 Å². The number of nitrogen functional groups attached to an aromatic ring is 1. The molecule has 0 radical (unpaired) electrons. The van der Waals surface area contributed by atoms with Crippen LogP contribution in [0.4, 0.5) is 0 Å². The van der Waals surface area contributed by atoms with Crippen molar-refractivity contribution in [3.05, 3.63) is 35.5 Å². The fraction of sp³-hybridized carbons (Fsp3) is 0.476. The van der Waals surface area contributed by atoms with Gasteiger partial charge in [0.05, 0.1) is 5.92 Å². The molecule has 7 nitrogen and oxygen atoms in total. The number of carboxylic acids is 1. The summed E-state index contributed by atoms with van der Waals surface area (Å²) in [5.41, 5.74) is 7.41. The van der Waals surface area contributed by atoms with E-state index in [0.717, 1.165) is 49.4 Å². The quantitative estimate of drug-likeness (QED) is 0.216. The Morgan fingerprint density at radius 3 is 2.61 bits per heavy atom. The van der Waals surface area contributed by atoms with Crippen molar-refractivity contribution in [1.29, 1.82) is 5.41 Å². The van der Waals surface area contributed by atoms with Crippen LogP contribution in [0.2, 0.25) is 0 Å². The van der Waals surface area contributed by atoms with Gasteiger partial charge >= 0.3 is 5.97 Å². The third-order valence-corrected chi connectivity index (χ3v) is 4.95. The van der Waals surface area contributed by atoms with Crippen LogP contribution in [0.3, 0.4) is 0 Å².